The van der Waals surface area contributed by atoms with Gasteiger partial charge >= 0.3 is 0 Å². The van der Waals surface area contributed by atoms with Crippen LogP contribution in [0.1, 0.15) is 0 Å². The molecule has 0 saturated carbocycles. The number of hydrogen-bond donors (Lipinski definition) is 0. The van der Waals surface area contributed by atoms with Crippen molar-refractivity contribution in [2.75, 3.05) is 0 Å². The van der Waals surface area contributed by atoms with Crippen molar-refractivity contribution >= 4 is 86.7 Å². The maximum atomic E-state index is 2.44. The van der Waals surface area contributed by atoms with E-state index in [1.165, 1.54) is 109 Å². The van der Waals surface area contributed by atoms with Crippen molar-refractivity contribution in [1.82, 2.24) is 9.13 Å². The van der Waals surface area contributed by atoms with Gasteiger partial charge < -0.3 is 9.13 Å². The summed E-state index contributed by atoms with van der Waals surface area (Å²) in [5, 5.41) is 15.1. The molecular formula is C58H36N2. The average molecular weight is 761 g/mol. The van der Waals surface area contributed by atoms with E-state index >= 15 is 0 Å². The number of fused-ring (bicyclic) bond motifs is 10. The topological polar surface area (TPSA) is 9.86 Å². The van der Waals surface area contributed by atoms with E-state index in [0.717, 1.165) is 11.4 Å². The fraction of sp³-hybridized carbons (Fsp3) is 0. The van der Waals surface area contributed by atoms with Crippen LogP contribution in [0, 0.1) is 0 Å². The van der Waals surface area contributed by atoms with Gasteiger partial charge in [-0.05, 0) is 132 Å². The summed E-state index contributed by atoms with van der Waals surface area (Å²) < 4.78 is 4.88. The van der Waals surface area contributed by atoms with Gasteiger partial charge in [0.25, 0.3) is 0 Å². The number of hydrogen-bond acceptors (Lipinski definition) is 0. The summed E-state index contributed by atoms with van der Waals surface area (Å²) in [6.45, 7) is 0. The first kappa shape index (κ1) is 33.1. The van der Waals surface area contributed by atoms with Gasteiger partial charge in [-0.15, -0.1) is 0 Å². The molecule has 2 aromatic heterocycles. The third kappa shape index (κ3) is 4.82. The normalized spacial score (nSPS) is 12.0. The Morgan fingerprint density at radius 2 is 0.550 bits per heavy atom. The molecule has 0 bridgehead atoms. The van der Waals surface area contributed by atoms with Crippen LogP contribution in [0.15, 0.2) is 218 Å². The Morgan fingerprint density at radius 3 is 0.950 bits per heavy atom. The molecule has 11 aromatic carbocycles. The standard InChI is InChI=1S/C58H36N2/c1-5-20-45-37(14-1)32-38-15-2-6-21-46(38)57(45)41-28-30-55-51(34-41)49-24-9-11-26-53(49)59(55)43-18-13-19-44(36-43)60-54-27-12-10-25-50(54)52-35-42(29-31-56(52)60)58-47-22-7-3-16-39(47)33-40-17-4-8-23-48(40)58/h1-36H. The summed E-state index contributed by atoms with van der Waals surface area (Å²) in [6.07, 6.45) is 0. The summed E-state index contributed by atoms with van der Waals surface area (Å²) >= 11 is 0. The van der Waals surface area contributed by atoms with Gasteiger partial charge in [-0.25, -0.2) is 0 Å². The van der Waals surface area contributed by atoms with Crippen molar-refractivity contribution in [2.24, 2.45) is 0 Å². The van der Waals surface area contributed by atoms with Crippen molar-refractivity contribution in [3.63, 3.8) is 0 Å². The predicted molar refractivity (Wildman–Crippen MR) is 256 cm³/mol. The van der Waals surface area contributed by atoms with Gasteiger partial charge in [-0.2, -0.15) is 0 Å². The van der Waals surface area contributed by atoms with Crippen LogP contribution >= 0.6 is 0 Å². The van der Waals surface area contributed by atoms with Crippen LogP contribution in [0.5, 0.6) is 0 Å². The molecule has 2 heterocycles. The SMILES string of the molecule is c1cc(-n2c3ccccc3c3cc(-c4c5ccccc5cc5ccccc45)ccc32)cc(-n2c3ccccc3c3cc(-c4c5ccccc5cc5ccccc45)ccc32)c1. The van der Waals surface area contributed by atoms with Gasteiger partial charge in [0.15, 0.2) is 0 Å². The third-order valence-corrected chi connectivity index (χ3v) is 12.8. The Bertz CT molecular complexity index is 3540. The van der Waals surface area contributed by atoms with Crippen LogP contribution in [-0.2, 0) is 0 Å². The molecule has 0 N–H and O–H groups in total. The molecule has 0 radical (unpaired) electrons. The number of nitrogens with zero attached hydrogens (tertiary/aromatic N) is 2. The first-order chi connectivity index (χ1) is 29.8. The second-order valence-electron chi connectivity index (χ2n) is 16.1. The van der Waals surface area contributed by atoms with Crippen LogP contribution in [0.3, 0.4) is 0 Å². The largest absolute Gasteiger partial charge is 0.309 e. The molecule has 13 rings (SSSR count). The Kier molecular flexibility index (Phi) is 7.05. The average Bonchev–Trinajstić information content (AvgIpc) is 3.82. The minimum absolute atomic E-state index is 1.13. The molecule has 13 aromatic rings. The van der Waals surface area contributed by atoms with E-state index in [2.05, 4.69) is 228 Å². The number of rotatable bonds is 4. The van der Waals surface area contributed by atoms with Crippen LogP contribution in [0.4, 0.5) is 0 Å². The molecule has 0 aliphatic heterocycles. The van der Waals surface area contributed by atoms with Crippen LogP contribution in [0.2, 0.25) is 0 Å². The molecule has 60 heavy (non-hydrogen) atoms. The second kappa shape index (κ2) is 12.8. The van der Waals surface area contributed by atoms with E-state index in [1.807, 2.05) is 0 Å². The lowest BCUT2D eigenvalue weighted by atomic mass is 9.91. The van der Waals surface area contributed by atoms with Gasteiger partial charge in [-0.1, -0.05) is 152 Å². The maximum Gasteiger partial charge on any atom is 0.0541 e. The van der Waals surface area contributed by atoms with E-state index in [4.69, 9.17) is 0 Å². The quantitative estimate of drug-likeness (QED) is 0.158. The summed E-state index contributed by atoms with van der Waals surface area (Å²) in [5.74, 6) is 0. The Morgan fingerprint density at radius 1 is 0.217 bits per heavy atom. The first-order valence-corrected chi connectivity index (χ1v) is 20.8. The fourth-order valence-electron chi connectivity index (χ4n) is 10.2. The lowest BCUT2D eigenvalue weighted by molar-refractivity contribution is 1.13. The zero-order chi connectivity index (χ0) is 39.3. The van der Waals surface area contributed by atoms with E-state index < -0.39 is 0 Å². The van der Waals surface area contributed by atoms with E-state index in [1.54, 1.807) is 0 Å². The third-order valence-electron chi connectivity index (χ3n) is 12.8. The first-order valence-electron chi connectivity index (χ1n) is 20.8. The minimum Gasteiger partial charge on any atom is -0.309 e. The lowest BCUT2D eigenvalue weighted by Crippen LogP contribution is -1.98. The highest BCUT2D eigenvalue weighted by Gasteiger charge is 2.19. The van der Waals surface area contributed by atoms with Gasteiger partial charge in [0, 0.05) is 32.9 Å². The Hall–Kier alpha value is -7.94. The molecule has 2 nitrogen and oxygen atoms in total. The molecule has 0 spiro atoms. The molecule has 0 fully saturated rings. The smallest absolute Gasteiger partial charge is 0.0541 e. The van der Waals surface area contributed by atoms with E-state index in [0.29, 0.717) is 0 Å². The maximum absolute atomic E-state index is 2.44. The molecule has 0 unspecified atom stereocenters. The van der Waals surface area contributed by atoms with Gasteiger partial charge in [-0.3, -0.25) is 0 Å². The minimum atomic E-state index is 1.13. The molecule has 0 atom stereocenters. The second-order valence-corrected chi connectivity index (χ2v) is 16.1. The predicted octanol–water partition coefficient (Wildman–Crippen LogP) is 15.8. The zero-order valence-corrected chi connectivity index (χ0v) is 32.7. The van der Waals surface area contributed by atoms with E-state index in [-0.39, 0.29) is 0 Å². The molecule has 0 aliphatic rings. The fourth-order valence-corrected chi connectivity index (χ4v) is 10.2. The van der Waals surface area contributed by atoms with Crippen molar-refractivity contribution in [2.45, 2.75) is 0 Å². The van der Waals surface area contributed by atoms with Crippen molar-refractivity contribution in [3.8, 4) is 33.6 Å². The number of aromatic nitrogens is 2. The highest BCUT2D eigenvalue weighted by Crippen LogP contribution is 2.43. The molecular weight excluding hydrogens is 725 g/mol. The zero-order valence-electron chi connectivity index (χ0n) is 32.7. The van der Waals surface area contributed by atoms with Crippen molar-refractivity contribution < 1.29 is 0 Å². The summed E-state index contributed by atoms with van der Waals surface area (Å²) in [7, 11) is 0. The molecule has 0 saturated heterocycles. The molecule has 2 heteroatoms. The highest BCUT2D eigenvalue weighted by atomic mass is 15.0. The summed E-state index contributed by atoms with van der Waals surface area (Å²) in [6, 6.07) is 80.6. The van der Waals surface area contributed by atoms with Crippen LogP contribution in [-0.4, -0.2) is 9.13 Å². The molecule has 0 amide bonds. The van der Waals surface area contributed by atoms with Gasteiger partial charge in [0.2, 0.25) is 0 Å². The number of para-hydroxylation sites is 2. The highest BCUT2D eigenvalue weighted by molar-refractivity contribution is 6.18. The monoisotopic (exact) mass is 760 g/mol. The Labute approximate surface area is 346 Å². The van der Waals surface area contributed by atoms with Crippen LogP contribution < -0.4 is 0 Å². The van der Waals surface area contributed by atoms with Crippen molar-refractivity contribution in [1.29, 1.82) is 0 Å². The summed E-state index contributed by atoms with van der Waals surface area (Å²) in [5.41, 5.74) is 12.1. The summed E-state index contributed by atoms with van der Waals surface area (Å²) in [4.78, 5) is 0. The van der Waals surface area contributed by atoms with Crippen molar-refractivity contribution in [3.05, 3.63) is 218 Å². The van der Waals surface area contributed by atoms with Gasteiger partial charge in [0.1, 0.15) is 0 Å². The number of benzene rings is 11. The molecule has 278 valence electrons. The van der Waals surface area contributed by atoms with Crippen LogP contribution in [0.25, 0.3) is 120 Å². The Balaban J connectivity index is 1.00. The lowest BCUT2D eigenvalue weighted by Gasteiger charge is -2.14. The van der Waals surface area contributed by atoms with Gasteiger partial charge in [0.05, 0.1) is 22.1 Å². The molecule has 0 aliphatic carbocycles. The van der Waals surface area contributed by atoms with E-state index in [9.17, 15) is 0 Å².